The van der Waals surface area contributed by atoms with E-state index in [0.29, 0.717) is 6.04 Å². The molecule has 0 bridgehead atoms. The molecule has 0 atom stereocenters. The molecule has 0 N–H and O–H groups in total. The predicted molar refractivity (Wildman–Crippen MR) is 134 cm³/mol. The molecule has 164 valence electrons. The molecule has 4 aromatic rings. The van der Waals surface area contributed by atoms with Gasteiger partial charge in [-0.1, -0.05) is 42.5 Å². The van der Waals surface area contributed by atoms with Crippen LogP contribution in [0.1, 0.15) is 30.5 Å². The van der Waals surface area contributed by atoms with Crippen molar-refractivity contribution in [1.82, 2.24) is 14.3 Å². The van der Waals surface area contributed by atoms with Gasteiger partial charge in [0.1, 0.15) is 5.65 Å². The molecule has 0 radical (unpaired) electrons. The smallest absolute Gasteiger partial charge is 0.140 e. The minimum atomic E-state index is 0.635. The van der Waals surface area contributed by atoms with Crippen LogP contribution in [-0.2, 0) is 6.42 Å². The van der Waals surface area contributed by atoms with Gasteiger partial charge < -0.3 is 4.90 Å². The zero-order valence-electron chi connectivity index (χ0n) is 19.3. The van der Waals surface area contributed by atoms with Gasteiger partial charge in [-0.25, -0.2) is 4.98 Å². The first-order valence-corrected chi connectivity index (χ1v) is 11.7. The van der Waals surface area contributed by atoms with Gasteiger partial charge in [0.25, 0.3) is 0 Å². The topological polar surface area (TPSA) is 23.8 Å². The third-order valence-electron chi connectivity index (χ3n) is 6.79. The lowest BCUT2D eigenvalue weighted by atomic mass is 10.0. The number of nitrogens with zero attached hydrogens (tertiary/aromatic N) is 4. The monoisotopic (exact) mass is 424 g/mol. The van der Waals surface area contributed by atoms with E-state index in [9.17, 15) is 0 Å². The first kappa shape index (κ1) is 20.8. The number of hydrogen-bond acceptors (Lipinski definition) is 3. The third-order valence-corrected chi connectivity index (χ3v) is 6.79. The minimum Gasteiger partial charge on any atom is -0.369 e. The van der Waals surface area contributed by atoms with E-state index in [4.69, 9.17) is 4.98 Å². The molecular formula is C28H32N4. The zero-order valence-corrected chi connectivity index (χ0v) is 19.3. The Balaban J connectivity index is 1.35. The van der Waals surface area contributed by atoms with Gasteiger partial charge in [0.2, 0.25) is 0 Å². The van der Waals surface area contributed by atoms with E-state index >= 15 is 0 Å². The first-order chi connectivity index (χ1) is 15.6. The summed E-state index contributed by atoms with van der Waals surface area (Å²) >= 11 is 0. The standard InChI is InChI=1S/C28H32N4/c1-21(2)30-16-18-31(19-17-30)25-11-8-23(9-12-25)20-24-10-13-27(32-15-14-29-28(24)32)26-7-5-4-6-22(26)3/h4-15,21H,16-20H2,1-3H3. The van der Waals surface area contributed by atoms with Crippen LogP contribution in [0.3, 0.4) is 0 Å². The van der Waals surface area contributed by atoms with E-state index in [-0.39, 0.29) is 0 Å². The summed E-state index contributed by atoms with van der Waals surface area (Å²) in [5.74, 6) is 0. The van der Waals surface area contributed by atoms with Crippen molar-refractivity contribution in [2.75, 3.05) is 31.1 Å². The van der Waals surface area contributed by atoms with E-state index in [1.807, 2.05) is 6.20 Å². The molecule has 1 saturated heterocycles. The van der Waals surface area contributed by atoms with Gasteiger partial charge >= 0.3 is 0 Å². The summed E-state index contributed by atoms with van der Waals surface area (Å²) in [6, 6.07) is 22.8. The molecule has 1 fully saturated rings. The Morgan fingerprint density at radius 2 is 1.62 bits per heavy atom. The van der Waals surface area contributed by atoms with Crippen LogP contribution in [0.4, 0.5) is 5.69 Å². The van der Waals surface area contributed by atoms with Crippen molar-refractivity contribution >= 4 is 11.3 Å². The van der Waals surface area contributed by atoms with Gasteiger partial charge in [0.15, 0.2) is 0 Å². The number of anilines is 1. The van der Waals surface area contributed by atoms with Crippen molar-refractivity contribution in [3.8, 4) is 11.3 Å². The minimum absolute atomic E-state index is 0.635. The summed E-state index contributed by atoms with van der Waals surface area (Å²) in [7, 11) is 0. The Morgan fingerprint density at radius 3 is 2.34 bits per heavy atom. The number of piperazine rings is 1. The molecule has 0 unspecified atom stereocenters. The number of aromatic nitrogens is 2. The van der Waals surface area contributed by atoms with Crippen molar-refractivity contribution in [3.63, 3.8) is 0 Å². The second-order valence-electron chi connectivity index (χ2n) is 9.14. The molecule has 5 rings (SSSR count). The second kappa shape index (κ2) is 8.79. The zero-order chi connectivity index (χ0) is 22.1. The van der Waals surface area contributed by atoms with Crippen LogP contribution in [0.15, 0.2) is 73.1 Å². The van der Waals surface area contributed by atoms with Crippen LogP contribution in [0, 0.1) is 6.92 Å². The summed E-state index contributed by atoms with van der Waals surface area (Å²) in [5, 5.41) is 0. The maximum atomic E-state index is 4.69. The maximum Gasteiger partial charge on any atom is 0.140 e. The fourth-order valence-electron chi connectivity index (χ4n) is 4.83. The van der Waals surface area contributed by atoms with Crippen LogP contribution in [-0.4, -0.2) is 46.5 Å². The first-order valence-electron chi connectivity index (χ1n) is 11.7. The average Bonchev–Trinajstić information content (AvgIpc) is 3.31. The van der Waals surface area contributed by atoms with Gasteiger partial charge in [-0.2, -0.15) is 0 Å². The van der Waals surface area contributed by atoms with Gasteiger partial charge in [0, 0.05) is 62.3 Å². The van der Waals surface area contributed by atoms with Gasteiger partial charge in [-0.05, 0) is 55.7 Å². The van der Waals surface area contributed by atoms with Crippen molar-refractivity contribution in [2.24, 2.45) is 0 Å². The predicted octanol–water partition coefficient (Wildman–Crippen LogP) is 5.43. The molecule has 3 heterocycles. The Hall–Kier alpha value is -3.11. The van der Waals surface area contributed by atoms with E-state index < -0.39 is 0 Å². The summed E-state index contributed by atoms with van der Waals surface area (Å²) in [6.07, 6.45) is 4.86. The summed E-state index contributed by atoms with van der Waals surface area (Å²) < 4.78 is 2.22. The van der Waals surface area contributed by atoms with E-state index in [1.165, 1.54) is 33.6 Å². The highest BCUT2D eigenvalue weighted by Gasteiger charge is 2.19. The maximum absolute atomic E-state index is 4.69. The van der Waals surface area contributed by atoms with E-state index in [2.05, 4.69) is 102 Å². The number of pyridine rings is 1. The molecule has 0 aliphatic carbocycles. The quantitative estimate of drug-likeness (QED) is 0.427. The summed E-state index contributed by atoms with van der Waals surface area (Å²) in [4.78, 5) is 9.76. The Morgan fingerprint density at radius 1 is 0.875 bits per heavy atom. The molecule has 2 aromatic carbocycles. The number of benzene rings is 2. The Kier molecular flexibility index (Phi) is 5.71. The van der Waals surface area contributed by atoms with Crippen LogP contribution < -0.4 is 4.90 Å². The molecule has 0 spiro atoms. The molecular weight excluding hydrogens is 392 g/mol. The molecule has 1 aliphatic heterocycles. The van der Waals surface area contributed by atoms with Crippen LogP contribution in [0.2, 0.25) is 0 Å². The SMILES string of the molecule is Cc1ccccc1-c1ccc(Cc2ccc(N3CCN(C(C)C)CC3)cc2)c2nccn12. The van der Waals surface area contributed by atoms with Gasteiger partial charge in [0.05, 0.1) is 5.69 Å². The van der Waals surface area contributed by atoms with Crippen molar-refractivity contribution in [1.29, 1.82) is 0 Å². The van der Waals surface area contributed by atoms with Crippen LogP contribution in [0.25, 0.3) is 16.9 Å². The number of fused-ring (bicyclic) bond motifs is 1. The highest BCUT2D eigenvalue weighted by atomic mass is 15.3. The Bertz CT molecular complexity index is 1200. The number of hydrogen-bond donors (Lipinski definition) is 0. The molecule has 4 heteroatoms. The highest BCUT2D eigenvalue weighted by Crippen LogP contribution is 2.27. The van der Waals surface area contributed by atoms with Gasteiger partial charge in [-0.15, -0.1) is 0 Å². The third kappa shape index (κ3) is 4.03. The second-order valence-corrected chi connectivity index (χ2v) is 9.14. The largest absolute Gasteiger partial charge is 0.369 e. The van der Waals surface area contributed by atoms with E-state index in [0.717, 1.165) is 38.2 Å². The lowest BCUT2D eigenvalue weighted by molar-refractivity contribution is 0.209. The Labute approximate surface area is 191 Å². The van der Waals surface area contributed by atoms with Crippen molar-refractivity contribution in [2.45, 2.75) is 33.2 Å². The molecule has 1 aliphatic rings. The van der Waals surface area contributed by atoms with Crippen molar-refractivity contribution in [3.05, 3.63) is 89.7 Å². The number of rotatable bonds is 5. The van der Waals surface area contributed by atoms with Crippen LogP contribution in [0.5, 0.6) is 0 Å². The lowest BCUT2D eigenvalue weighted by Gasteiger charge is -2.38. The molecule has 4 nitrogen and oxygen atoms in total. The number of aryl methyl sites for hydroxylation is 1. The molecule has 0 saturated carbocycles. The fourth-order valence-corrected chi connectivity index (χ4v) is 4.83. The van der Waals surface area contributed by atoms with Gasteiger partial charge in [-0.3, -0.25) is 9.30 Å². The fraction of sp³-hybridized carbons (Fsp3) is 0.321. The molecule has 0 amide bonds. The lowest BCUT2D eigenvalue weighted by Crippen LogP contribution is -2.48. The molecule has 32 heavy (non-hydrogen) atoms. The van der Waals surface area contributed by atoms with E-state index in [1.54, 1.807) is 0 Å². The summed E-state index contributed by atoms with van der Waals surface area (Å²) in [6.45, 7) is 11.2. The summed E-state index contributed by atoms with van der Waals surface area (Å²) in [5.41, 5.74) is 8.67. The molecule has 2 aromatic heterocycles. The highest BCUT2D eigenvalue weighted by molar-refractivity contribution is 5.68. The van der Waals surface area contributed by atoms with Crippen LogP contribution >= 0.6 is 0 Å². The normalized spacial score (nSPS) is 15.1. The number of imidazole rings is 1. The van der Waals surface area contributed by atoms with Crippen molar-refractivity contribution < 1.29 is 0 Å². The average molecular weight is 425 g/mol.